The summed E-state index contributed by atoms with van der Waals surface area (Å²) in [6.07, 6.45) is 1.90. The van der Waals surface area contributed by atoms with Gasteiger partial charge in [0.25, 0.3) is 0 Å². The normalized spacial score (nSPS) is 19.6. The highest BCUT2D eigenvalue weighted by atomic mass is 16.6. The molecule has 7 nitrogen and oxygen atoms in total. The minimum Gasteiger partial charge on any atom is -0.396 e. The highest BCUT2D eigenvalue weighted by Crippen LogP contribution is 2.36. The van der Waals surface area contributed by atoms with E-state index in [1.807, 2.05) is 18.7 Å². The molecule has 1 unspecified atom stereocenters. The van der Waals surface area contributed by atoms with Crippen LogP contribution >= 0.6 is 0 Å². The molecule has 1 aliphatic rings. The highest BCUT2D eigenvalue weighted by molar-refractivity contribution is 5.62. The third kappa shape index (κ3) is 2.63. The van der Waals surface area contributed by atoms with E-state index in [4.69, 9.17) is 0 Å². The molecule has 1 atom stereocenters. The lowest BCUT2D eigenvalue weighted by molar-refractivity contribution is -0.385. The van der Waals surface area contributed by atoms with Crippen molar-refractivity contribution in [2.75, 3.05) is 24.6 Å². The fourth-order valence-corrected chi connectivity index (χ4v) is 2.85. The number of nitro groups is 1. The molecule has 7 heteroatoms. The molecule has 2 heterocycles. The van der Waals surface area contributed by atoms with E-state index in [9.17, 15) is 15.2 Å². The lowest BCUT2D eigenvalue weighted by atomic mass is 9.99. The fourth-order valence-electron chi connectivity index (χ4n) is 2.85. The Morgan fingerprint density at radius 3 is 2.80 bits per heavy atom. The van der Waals surface area contributed by atoms with E-state index in [0.717, 1.165) is 19.4 Å². The van der Waals surface area contributed by atoms with Gasteiger partial charge in [-0.3, -0.25) is 10.1 Å². The standard InChI is InChI=1S/C13H22N4O3/c1-9(2)11-12(17(19)20)13(15(3)14-11)16-6-4-5-10(7-16)8-18/h9-10,18H,4-8H2,1-3H3. The molecule has 2 rings (SSSR count). The second-order valence-corrected chi connectivity index (χ2v) is 5.73. The van der Waals surface area contributed by atoms with Crippen LogP contribution in [-0.4, -0.2) is 39.5 Å². The number of piperidine rings is 1. The van der Waals surface area contributed by atoms with Gasteiger partial charge in [0.2, 0.25) is 5.82 Å². The molecule has 1 saturated heterocycles. The Morgan fingerprint density at radius 1 is 1.55 bits per heavy atom. The summed E-state index contributed by atoms with van der Waals surface area (Å²) in [4.78, 5) is 13.1. The van der Waals surface area contributed by atoms with Crippen molar-refractivity contribution in [3.05, 3.63) is 15.8 Å². The van der Waals surface area contributed by atoms with Gasteiger partial charge in [-0.25, -0.2) is 4.68 Å². The number of aliphatic hydroxyl groups excluding tert-OH is 1. The first-order valence-electron chi connectivity index (χ1n) is 7.02. The maximum absolute atomic E-state index is 11.4. The molecule has 1 aromatic heterocycles. The summed E-state index contributed by atoms with van der Waals surface area (Å²) in [7, 11) is 1.75. The summed E-state index contributed by atoms with van der Waals surface area (Å²) in [5.74, 6) is 0.756. The van der Waals surface area contributed by atoms with Gasteiger partial charge in [0.15, 0.2) is 0 Å². The molecule has 0 saturated carbocycles. The zero-order chi connectivity index (χ0) is 14.9. The van der Waals surface area contributed by atoms with Gasteiger partial charge < -0.3 is 10.0 Å². The first-order chi connectivity index (χ1) is 9.45. The van der Waals surface area contributed by atoms with Crippen molar-refractivity contribution in [2.45, 2.75) is 32.6 Å². The average molecular weight is 282 g/mol. The van der Waals surface area contributed by atoms with Crippen LogP contribution in [0, 0.1) is 16.0 Å². The Labute approximate surface area is 118 Å². The molecular weight excluding hydrogens is 260 g/mol. The van der Waals surface area contributed by atoms with Crippen molar-refractivity contribution in [1.82, 2.24) is 9.78 Å². The molecule has 0 radical (unpaired) electrons. The molecule has 0 bridgehead atoms. The third-order valence-corrected chi connectivity index (χ3v) is 3.82. The van der Waals surface area contributed by atoms with E-state index in [2.05, 4.69) is 5.10 Å². The number of rotatable bonds is 4. The van der Waals surface area contributed by atoms with E-state index < -0.39 is 0 Å². The van der Waals surface area contributed by atoms with Crippen molar-refractivity contribution in [3.8, 4) is 0 Å². The summed E-state index contributed by atoms with van der Waals surface area (Å²) in [5, 5.41) is 25.1. The van der Waals surface area contributed by atoms with Crippen LogP contribution in [0.1, 0.15) is 38.3 Å². The number of anilines is 1. The largest absolute Gasteiger partial charge is 0.396 e. The maximum Gasteiger partial charge on any atom is 0.334 e. The molecule has 0 spiro atoms. The van der Waals surface area contributed by atoms with Gasteiger partial charge in [-0.15, -0.1) is 0 Å². The minimum atomic E-state index is -0.333. The summed E-state index contributed by atoms with van der Waals surface area (Å²) in [6, 6.07) is 0. The van der Waals surface area contributed by atoms with Crippen LogP contribution in [0.5, 0.6) is 0 Å². The Hall–Kier alpha value is -1.63. The predicted octanol–water partition coefficient (Wildman–Crippen LogP) is 1.66. The molecule has 1 fully saturated rings. The van der Waals surface area contributed by atoms with Gasteiger partial charge in [0.1, 0.15) is 5.69 Å². The van der Waals surface area contributed by atoms with E-state index in [1.165, 1.54) is 0 Å². The second-order valence-electron chi connectivity index (χ2n) is 5.73. The molecule has 0 aromatic carbocycles. The first kappa shape index (κ1) is 14.8. The number of aryl methyl sites for hydroxylation is 1. The lowest BCUT2D eigenvalue weighted by Gasteiger charge is -2.32. The molecule has 1 aromatic rings. The maximum atomic E-state index is 11.4. The number of hydrogen-bond acceptors (Lipinski definition) is 5. The van der Waals surface area contributed by atoms with Gasteiger partial charge in [0.05, 0.1) is 4.92 Å². The molecular formula is C13H22N4O3. The van der Waals surface area contributed by atoms with Crippen molar-refractivity contribution < 1.29 is 10.0 Å². The summed E-state index contributed by atoms with van der Waals surface area (Å²) in [5.41, 5.74) is 0.639. The minimum absolute atomic E-state index is 0.00813. The SMILES string of the molecule is CC(C)c1nn(C)c(N2CCCC(CO)C2)c1[N+](=O)[O-]. The van der Waals surface area contributed by atoms with E-state index >= 15 is 0 Å². The average Bonchev–Trinajstić information content (AvgIpc) is 2.77. The van der Waals surface area contributed by atoms with Crippen molar-refractivity contribution in [2.24, 2.45) is 13.0 Å². The van der Waals surface area contributed by atoms with Crippen LogP contribution < -0.4 is 4.90 Å². The number of aromatic nitrogens is 2. The Kier molecular flexibility index (Phi) is 4.27. The predicted molar refractivity (Wildman–Crippen MR) is 76.0 cm³/mol. The molecule has 1 aliphatic heterocycles. The van der Waals surface area contributed by atoms with Gasteiger partial charge in [-0.05, 0) is 18.8 Å². The number of nitrogens with zero attached hydrogens (tertiary/aromatic N) is 4. The zero-order valence-corrected chi connectivity index (χ0v) is 12.2. The first-order valence-corrected chi connectivity index (χ1v) is 7.02. The van der Waals surface area contributed by atoms with Gasteiger partial charge in [0, 0.05) is 32.7 Å². The Balaban J connectivity index is 2.42. The van der Waals surface area contributed by atoms with Crippen molar-refractivity contribution >= 4 is 11.5 Å². The van der Waals surface area contributed by atoms with Crippen LogP contribution in [0.4, 0.5) is 11.5 Å². The van der Waals surface area contributed by atoms with Crippen LogP contribution in [0.3, 0.4) is 0 Å². The highest BCUT2D eigenvalue weighted by Gasteiger charge is 2.33. The number of aliphatic hydroxyl groups is 1. The Morgan fingerprint density at radius 2 is 2.25 bits per heavy atom. The molecule has 112 valence electrons. The second kappa shape index (κ2) is 5.78. The topological polar surface area (TPSA) is 84.4 Å². The third-order valence-electron chi connectivity index (χ3n) is 3.82. The lowest BCUT2D eigenvalue weighted by Crippen LogP contribution is -2.38. The Bertz CT molecular complexity index is 498. The summed E-state index contributed by atoms with van der Waals surface area (Å²) < 4.78 is 1.60. The van der Waals surface area contributed by atoms with Crippen LogP contribution in [-0.2, 0) is 7.05 Å². The van der Waals surface area contributed by atoms with Crippen molar-refractivity contribution in [1.29, 1.82) is 0 Å². The van der Waals surface area contributed by atoms with E-state index in [0.29, 0.717) is 18.1 Å². The monoisotopic (exact) mass is 282 g/mol. The molecule has 1 N–H and O–H groups in total. The van der Waals surface area contributed by atoms with E-state index in [-0.39, 0.29) is 29.1 Å². The number of hydrogen-bond donors (Lipinski definition) is 1. The van der Waals surface area contributed by atoms with Gasteiger partial charge >= 0.3 is 5.69 Å². The van der Waals surface area contributed by atoms with Crippen LogP contribution in [0.15, 0.2) is 0 Å². The van der Waals surface area contributed by atoms with Gasteiger partial charge in [-0.2, -0.15) is 5.10 Å². The van der Waals surface area contributed by atoms with E-state index in [1.54, 1.807) is 11.7 Å². The summed E-state index contributed by atoms with van der Waals surface area (Å²) >= 11 is 0. The fraction of sp³-hybridized carbons (Fsp3) is 0.769. The molecule has 20 heavy (non-hydrogen) atoms. The smallest absolute Gasteiger partial charge is 0.334 e. The zero-order valence-electron chi connectivity index (χ0n) is 12.2. The molecule has 0 amide bonds. The quantitative estimate of drug-likeness (QED) is 0.670. The summed E-state index contributed by atoms with van der Waals surface area (Å²) in [6.45, 7) is 5.36. The van der Waals surface area contributed by atoms with Crippen molar-refractivity contribution in [3.63, 3.8) is 0 Å². The van der Waals surface area contributed by atoms with Crippen LogP contribution in [0.2, 0.25) is 0 Å². The van der Waals surface area contributed by atoms with Gasteiger partial charge in [-0.1, -0.05) is 13.8 Å². The molecule has 0 aliphatic carbocycles. The van der Waals surface area contributed by atoms with Crippen LogP contribution in [0.25, 0.3) is 0 Å².